The second kappa shape index (κ2) is 8.97. The number of aryl methyl sites for hydroxylation is 1. The lowest BCUT2D eigenvalue weighted by molar-refractivity contribution is 0.132. The third-order valence-electron chi connectivity index (χ3n) is 3.50. The number of ether oxygens (including phenoxy) is 1. The fourth-order valence-electron chi connectivity index (χ4n) is 2.27. The van der Waals surface area contributed by atoms with Gasteiger partial charge >= 0.3 is 6.09 Å². The van der Waals surface area contributed by atoms with E-state index >= 15 is 0 Å². The molecule has 0 spiro atoms. The highest BCUT2D eigenvalue weighted by Crippen LogP contribution is 2.26. The Labute approximate surface area is 153 Å². The second-order valence-electron chi connectivity index (χ2n) is 7.03. The van der Waals surface area contributed by atoms with E-state index in [0.29, 0.717) is 0 Å². The van der Waals surface area contributed by atoms with Crippen molar-refractivity contribution in [3.05, 3.63) is 40.9 Å². The molecule has 5 nitrogen and oxygen atoms in total. The Kier molecular flexibility index (Phi) is 6.96. The molecule has 0 aliphatic heterocycles. The summed E-state index contributed by atoms with van der Waals surface area (Å²) in [6.07, 6.45) is 4.58. The van der Waals surface area contributed by atoms with Crippen molar-refractivity contribution in [3.63, 3.8) is 0 Å². The Morgan fingerprint density at radius 3 is 2.60 bits per heavy atom. The van der Waals surface area contributed by atoms with E-state index < -0.39 is 6.09 Å². The molecule has 1 heterocycles. The lowest BCUT2D eigenvalue weighted by atomic mass is 10.1. The number of carbonyl (C=O) groups is 1. The molecule has 0 saturated heterocycles. The Morgan fingerprint density at radius 2 is 1.96 bits per heavy atom. The lowest BCUT2D eigenvalue weighted by Crippen LogP contribution is -2.40. The lowest BCUT2D eigenvalue weighted by Gasteiger charge is -2.19. The van der Waals surface area contributed by atoms with Gasteiger partial charge in [-0.15, -0.1) is 11.3 Å². The maximum Gasteiger partial charge on any atom is 0.407 e. The van der Waals surface area contributed by atoms with E-state index in [1.165, 1.54) is 5.56 Å². The minimum atomic E-state index is -0.413. The summed E-state index contributed by atoms with van der Waals surface area (Å²) < 4.78 is 5.24. The summed E-state index contributed by atoms with van der Waals surface area (Å²) in [5, 5.41) is 3.70. The van der Waals surface area contributed by atoms with Crippen molar-refractivity contribution in [2.24, 2.45) is 5.73 Å². The van der Waals surface area contributed by atoms with Gasteiger partial charge in [0.15, 0.2) is 0 Å². The van der Waals surface area contributed by atoms with Crippen LogP contribution in [0.1, 0.15) is 44.1 Å². The van der Waals surface area contributed by atoms with Crippen molar-refractivity contribution in [2.45, 2.75) is 52.2 Å². The first-order valence-electron chi connectivity index (χ1n) is 8.56. The van der Waals surface area contributed by atoms with Crippen molar-refractivity contribution in [3.8, 4) is 10.6 Å². The quantitative estimate of drug-likeness (QED) is 0.727. The number of nitrogens with one attached hydrogen (secondary N) is 1. The van der Waals surface area contributed by atoms with Gasteiger partial charge in [-0.05, 0) is 52.1 Å². The van der Waals surface area contributed by atoms with Crippen LogP contribution in [0.25, 0.3) is 10.6 Å². The molecule has 0 fully saturated rings. The molecule has 0 atom stereocenters. The van der Waals surface area contributed by atoms with Crippen LogP contribution in [-0.4, -0.2) is 23.2 Å². The molecule has 0 aliphatic carbocycles. The van der Waals surface area contributed by atoms with Crippen LogP contribution >= 0.6 is 11.3 Å². The molecule has 1 aromatic carbocycles. The summed E-state index contributed by atoms with van der Waals surface area (Å²) >= 11 is 1.54. The highest BCUT2D eigenvalue weighted by molar-refractivity contribution is 7.15. The Balaban J connectivity index is 1.89. The molecule has 3 N–H and O–H groups in total. The number of thiazole rings is 1. The number of nitrogens with two attached hydrogens (primary N) is 1. The highest BCUT2D eigenvalue weighted by atomic mass is 32.1. The number of unbranched alkanes of at least 4 members (excludes halogenated alkanes) is 1. The number of hydrogen-bond acceptors (Lipinski definition) is 5. The number of benzene rings is 1. The first-order chi connectivity index (χ1) is 11.9. The third kappa shape index (κ3) is 6.84. The van der Waals surface area contributed by atoms with Gasteiger partial charge in [-0.2, -0.15) is 0 Å². The van der Waals surface area contributed by atoms with Crippen LogP contribution in [0.4, 0.5) is 4.79 Å². The zero-order valence-electron chi connectivity index (χ0n) is 15.2. The van der Waals surface area contributed by atoms with Crippen LogP contribution in [0.5, 0.6) is 0 Å². The summed E-state index contributed by atoms with van der Waals surface area (Å²) in [7, 11) is 0. The second-order valence-corrected chi connectivity index (χ2v) is 8.14. The van der Waals surface area contributed by atoms with Gasteiger partial charge < -0.3 is 15.8 Å². The van der Waals surface area contributed by atoms with Crippen molar-refractivity contribution < 1.29 is 9.53 Å². The average molecular weight is 362 g/mol. The number of alkyl carbamates (subject to hydrolysis) is 1. The largest absolute Gasteiger partial charge is 0.444 e. The molecule has 0 radical (unpaired) electrons. The van der Waals surface area contributed by atoms with Crippen LogP contribution in [-0.2, 0) is 17.8 Å². The van der Waals surface area contributed by atoms with Crippen molar-refractivity contribution in [1.82, 2.24) is 10.3 Å². The van der Waals surface area contributed by atoms with E-state index in [2.05, 4.69) is 34.6 Å². The minimum absolute atomic E-state index is 0.233. The number of carbonyl (C=O) groups excluding carboxylic acids is 1. The molecule has 0 saturated carbocycles. The van der Waals surface area contributed by atoms with E-state index in [9.17, 15) is 4.79 Å². The molecule has 0 aliphatic rings. The summed E-state index contributed by atoms with van der Waals surface area (Å²) in [4.78, 5) is 17.1. The van der Waals surface area contributed by atoms with Crippen LogP contribution < -0.4 is 11.1 Å². The van der Waals surface area contributed by atoms with E-state index in [1.807, 2.05) is 20.8 Å². The predicted octanol–water partition coefficient (Wildman–Crippen LogP) is 4.12. The Morgan fingerprint density at radius 1 is 1.24 bits per heavy atom. The molecular weight excluding hydrogens is 334 g/mol. The van der Waals surface area contributed by atoms with E-state index in [0.717, 1.165) is 41.3 Å². The van der Waals surface area contributed by atoms with E-state index in [-0.39, 0.29) is 12.1 Å². The van der Waals surface area contributed by atoms with Crippen molar-refractivity contribution in [2.75, 3.05) is 6.54 Å². The van der Waals surface area contributed by atoms with Gasteiger partial charge in [0.05, 0.1) is 4.88 Å². The molecule has 0 unspecified atom stereocenters. The maximum absolute atomic E-state index is 11.7. The van der Waals surface area contributed by atoms with Crippen LogP contribution in [0.3, 0.4) is 0 Å². The first kappa shape index (κ1) is 19.4. The fourth-order valence-corrected chi connectivity index (χ4v) is 3.11. The maximum atomic E-state index is 11.7. The number of hydrogen-bond donors (Lipinski definition) is 2. The molecule has 1 aromatic heterocycles. The first-order valence-corrected chi connectivity index (χ1v) is 9.38. The highest BCUT2D eigenvalue weighted by Gasteiger charge is 2.15. The number of aromatic nitrogens is 1. The average Bonchev–Trinajstić information content (AvgIpc) is 3.01. The number of nitrogens with zero attached hydrogens (tertiary/aromatic N) is 1. The summed E-state index contributed by atoms with van der Waals surface area (Å²) in [6.45, 7) is 6.73. The summed E-state index contributed by atoms with van der Waals surface area (Å²) in [5.74, 6) is 0. The van der Waals surface area contributed by atoms with Crippen LogP contribution in [0.2, 0.25) is 0 Å². The Bertz CT molecular complexity index is 675. The van der Waals surface area contributed by atoms with Crippen LogP contribution in [0.15, 0.2) is 30.5 Å². The zero-order valence-corrected chi connectivity index (χ0v) is 16.0. The van der Waals surface area contributed by atoms with Crippen molar-refractivity contribution in [1.29, 1.82) is 0 Å². The van der Waals surface area contributed by atoms with Gasteiger partial charge in [0, 0.05) is 17.3 Å². The van der Waals surface area contributed by atoms with Gasteiger partial charge in [-0.25, -0.2) is 9.78 Å². The fraction of sp³-hybridized carbons (Fsp3) is 0.474. The normalized spacial score (nSPS) is 11.4. The summed E-state index contributed by atoms with van der Waals surface area (Å²) in [6, 6.07) is 8.46. The predicted molar refractivity (Wildman–Crippen MR) is 103 cm³/mol. The van der Waals surface area contributed by atoms with Crippen molar-refractivity contribution >= 4 is 17.4 Å². The molecular formula is C19H27N3O2S. The SMILES string of the molecule is CC(C)(C)NC(=O)OCc1cnc(-c2ccc(CCCCN)cc2)s1. The smallest absolute Gasteiger partial charge is 0.407 e. The van der Waals surface area contributed by atoms with Gasteiger partial charge in [-0.1, -0.05) is 24.3 Å². The standard InChI is InChI=1S/C19H27N3O2S/c1-19(2,3)22-18(23)24-13-16-12-21-17(25-16)15-9-7-14(8-10-15)6-4-5-11-20/h7-10,12H,4-6,11,13,20H2,1-3H3,(H,22,23). The molecule has 2 rings (SSSR count). The number of amides is 1. The topological polar surface area (TPSA) is 77.2 Å². The molecule has 25 heavy (non-hydrogen) atoms. The summed E-state index contributed by atoms with van der Waals surface area (Å²) in [5.41, 5.74) is 7.62. The minimum Gasteiger partial charge on any atom is -0.444 e. The Hall–Kier alpha value is -1.92. The molecule has 136 valence electrons. The van der Waals surface area contributed by atoms with Gasteiger partial charge in [0.25, 0.3) is 0 Å². The van der Waals surface area contributed by atoms with Gasteiger partial charge in [0.1, 0.15) is 11.6 Å². The third-order valence-corrected chi connectivity index (χ3v) is 4.52. The molecule has 6 heteroatoms. The van der Waals surface area contributed by atoms with Crippen LogP contribution in [0, 0.1) is 0 Å². The van der Waals surface area contributed by atoms with E-state index in [1.54, 1.807) is 17.5 Å². The van der Waals surface area contributed by atoms with Gasteiger partial charge in [0.2, 0.25) is 0 Å². The molecule has 2 aromatic rings. The zero-order chi connectivity index (χ0) is 18.3. The van der Waals surface area contributed by atoms with E-state index in [4.69, 9.17) is 10.5 Å². The van der Waals surface area contributed by atoms with Gasteiger partial charge in [-0.3, -0.25) is 0 Å². The monoisotopic (exact) mass is 361 g/mol. The molecule has 1 amide bonds. The number of rotatable bonds is 7. The molecule has 0 bridgehead atoms.